The summed E-state index contributed by atoms with van der Waals surface area (Å²) >= 11 is 0. The molecule has 80 valence electrons. The van der Waals surface area contributed by atoms with Gasteiger partial charge >= 0.3 is 5.97 Å². The Morgan fingerprint density at radius 3 is 2.87 bits per heavy atom. The van der Waals surface area contributed by atoms with E-state index in [-0.39, 0.29) is 24.6 Å². The summed E-state index contributed by atoms with van der Waals surface area (Å²) in [4.78, 5) is 29.3. The lowest BCUT2D eigenvalue weighted by Gasteiger charge is -2.02. The van der Waals surface area contributed by atoms with Gasteiger partial charge in [-0.2, -0.15) is 0 Å². The molecule has 1 aromatic heterocycles. The molecule has 0 atom stereocenters. The fourth-order valence-corrected chi connectivity index (χ4v) is 0.956. The van der Waals surface area contributed by atoms with Crippen molar-refractivity contribution in [3.05, 3.63) is 23.8 Å². The van der Waals surface area contributed by atoms with E-state index in [1.807, 2.05) is 0 Å². The maximum absolute atomic E-state index is 11.4. The third kappa shape index (κ3) is 3.72. The molecule has 2 N–H and O–H groups in total. The molecule has 0 fully saturated rings. The number of aryl methyl sites for hydroxylation is 1. The Morgan fingerprint density at radius 2 is 2.27 bits per heavy atom. The average molecular weight is 209 g/mol. The van der Waals surface area contributed by atoms with Gasteiger partial charge in [0.1, 0.15) is 11.5 Å². The number of aliphatic carboxylic acids is 1. The SMILES string of the molecule is Cc1nccc(C(=O)NCCC(=O)O)n1. The van der Waals surface area contributed by atoms with E-state index in [4.69, 9.17) is 5.11 Å². The van der Waals surface area contributed by atoms with Crippen molar-refractivity contribution in [2.45, 2.75) is 13.3 Å². The zero-order valence-electron chi connectivity index (χ0n) is 8.23. The van der Waals surface area contributed by atoms with Gasteiger partial charge in [0, 0.05) is 12.7 Å². The van der Waals surface area contributed by atoms with Gasteiger partial charge in [-0.25, -0.2) is 9.97 Å². The van der Waals surface area contributed by atoms with Crippen LogP contribution in [0.5, 0.6) is 0 Å². The van der Waals surface area contributed by atoms with E-state index in [9.17, 15) is 9.59 Å². The molecular formula is C9H11N3O3. The summed E-state index contributed by atoms with van der Waals surface area (Å²) < 4.78 is 0. The van der Waals surface area contributed by atoms with Crippen molar-refractivity contribution >= 4 is 11.9 Å². The summed E-state index contributed by atoms with van der Waals surface area (Å²) in [5.74, 6) is -0.836. The summed E-state index contributed by atoms with van der Waals surface area (Å²) in [6.45, 7) is 1.77. The van der Waals surface area contributed by atoms with Crippen molar-refractivity contribution in [3.63, 3.8) is 0 Å². The second-order valence-electron chi connectivity index (χ2n) is 2.89. The number of aromatic nitrogens is 2. The molecule has 0 aromatic carbocycles. The maximum atomic E-state index is 11.4. The van der Waals surface area contributed by atoms with Gasteiger partial charge in [0.2, 0.25) is 0 Å². The van der Waals surface area contributed by atoms with Crippen molar-refractivity contribution in [2.75, 3.05) is 6.54 Å². The minimum atomic E-state index is -0.950. The topological polar surface area (TPSA) is 92.2 Å². The summed E-state index contributed by atoms with van der Waals surface area (Å²) in [5, 5.41) is 10.8. The molecule has 6 heteroatoms. The van der Waals surface area contributed by atoms with Crippen LogP contribution in [-0.4, -0.2) is 33.5 Å². The number of amides is 1. The maximum Gasteiger partial charge on any atom is 0.305 e. The van der Waals surface area contributed by atoms with E-state index in [1.165, 1.54) is 12.3 Å². The highest BCUT2D eigenvalue weighted by molar-refractivity contribution is 5.92. The number of rotatable bonds is 4. The summed E-state index contributed by atoms with van der Waals surface area (Å²) in [5.41, 5.74) is 0.243. The van der Waals surface area contributed by atoms with Gasteiger partial charge in [-0.3, -0.25) is 9.59 Å². The zero-order chi connectivity index (χ0) is 11.3. The number of hydrogen-bond donors (Lipinski definition) is 2. The molecule has 15 heavy (non-hydrogen) atoms. The molecule has 0 saturated heterocycles. The number of nitrogens with one attached hydrogen (secondary N) is 1. The Hall–Kier alpha value is -1.98. The Morgan fingerprint density at radius 1 is 1.53 bits per heavy atom. The smallest absolute Gasteiger partial charge is 0.305 e. The second kappa shape index (κ2) is 5.04. The third-order valence-corrected chi connectivity index (χ3v) is 1.63. The molecule has 0 aliphatic rings. The summed E-state index contributed by atoms with van der Waals surface area (Å²) in [6.07, 6.45) is 1.38. The highest BCUT2D eigenvalue weighted by atomic mass is 16.4. The average Bonchev–Trinajstić information content (AvgIpc) is 2.17. The van der Waals surface area contributed by atoms with Crippen molar-refractivity contribution in [3.8, 4) is 0 Å². The van der Waals surface area contributed by atoms with Gasteiger partial charge in [-0.15, -0.1) is 0 Å². The largest absolute Gasteiger partial charge is 0.481 e. The highest BCUT2D eigenvalue weighted by Crippen LogP contribution is 1.94. The minimum Gasteiger partial charge on any atom is -0.481 e. The second-order valence-corrected chi connectivity index (χ2v) is 2.89. The molecule has 1 heterocycles. The lowest BCUT2D eigenvalue weighted by Crippen LogP contribution is -2.27. The van der Waals surface area contributed by atoms with Gasteiger partial charge in [-0.05, 0) is 13.0 Å². The first kappa shape index (κ1) is 11.1. The van der Waals surface area contributed by atoms with E-state index in [0.29, 0.717) is 5.82 Å². The molecule has 1 rings (SSSR count). The lowest BCUT2D eigenvalue weighted by molar-refractivity contribution is -0.136. The van der Waals surface area contributed by atoms with Crippen LogP contribution in [0.25, 0.3) is 0 Å². The Kier molecular flexibility index (Phi) is 3.73. The molecule has 0 aliphatic heterocycles. The van der Waals surface area contributed by atoms with Gasteiger partial charge in [0.25, 0.3) is 5.91 Å². The van der Waals surface area contributed by atoms with E-state index in [0.717, 1.165) is 0 Å². The number of carboxylic acid groups (broad SMARTS) is 1. The fourth-order valence-electron chi connectivity index (χ4n) is 0.956. The Balaban J connectivity index is 2.50. The molecule has 1 amide bonds. The van der Waals surface area contributed by atoms with Crippen LogP contribution in [0, 0.1) is 6.92 Å². The Labute approximate surface area is 86.4 Å². The van der Waals surface area contributed by atoms with Crippen molar-refractivity contribution in [1.29, 1.82) is 0 Å². The van der Waals surface area contributed by atoms with Crippen LogP contribution >= 0.6 is 0 Å². The molecule has 0 unspecified atom stereocenters. The molecule has 0 radical (unpaired) electrons. The van der Waals surface area contributed by atoms with Gasteiger partial charge in [0.05, 0.1) is 6.42 Å². The van der Waals surface area contributed by atoms with Crippen LogP contribution < -0.4 is 5.32 Å². The molecule has 0 saturated carbocycles. The normalized spacial score (nSPS) is 9.67. The van der Waals surface area contributed by atoms with Crippen molar-refractivity contribution < 1.29 is 14.7 Å². The van der Waals surface area contributed by atoms with Crippen LogP contribution in [0.1, 0.15) is 22.7 Å². The number of nitrogens with zero attached hydrogens (tertiary/aromatic N) is 2. The Bertz CT molecular complexity index is 379. The van der Waals surface area contributed by atoms with Crippen LogP contribution in [0.2, 0.25) is 0 Å². The lowest BCUT2D eigenvalue weighted by atomic mass is 10.3. The van der Waals surface area contributed by atoms with Crippen LogP contribution in [0.3, 0.4) is 0 Å². The van der Waals surface area contributed by atoms with E-state index in [1.54, 1.807) is 6.92 Å². The van der Waals surface area contributed by atoms with Gasteiger partial charge in [0.15, 0.2) is 0 Å². The van der Waals surface area contributed by atoms with E-state index >= 15 is 0 Å². The van der Waals surface area contributed by atoms with Gasteiger partial charge in [-0.1, -0.05) is 0 Å². The number of hydrogen-bond acceptors (Lipinski definition) is 4. The fraction of sp³-hybridized carbons (Fsp3) is 0.333. The number of carbonyl (C=O) groups is 2. The summed E-state index contributed by atoms with van der Waals surface area (Å²) in [7, 11) is 0. The van der Waals surface area contributed by atoms with Crippen LogP contribution in [-0.2, 0) is 4.79 Å². The molecule has 0 bridgehead atoms. The number of carboxylic acids is 1. The van der Waals surface area contributed by atoms with Crippen molar-refractivity contribution in [1.82, 2.24) is 15.3 Å². The molecule has 6 nitrogen and oxygen atoms in total. The highest BCUT2D eigenvalue weighted by Gasteiger charge is 2.07. The summed E-state index contributed by atoms with van der Waals surface area (Å²) in [6, 6.07) is 1.48. The predicted octanol–water partition coefficient (Wildman–Crippen LogP) is -0.0105. The first-order valence-electron chi connectivity index (χ1n) is 4.39. The first-order chi connectivity index (χ1) is 7.09. The molecule has 0 spiro atoms. The quantitative estimate of drug-likeness (QED) is 0.727. The van der Waals surface area contributed by atoms with Crippen molar-refractivity contribution in [2.24, 2.45) is 0 Å². The predicted molar refractivity (Wildman–Crippen MR) is 51.4 cm³/mol. The minimum absolute atomic E-state index is 0.0945. The number of carbonyl (C=O) groups excluding carboxylic acids is 1. The van der Waals surface area contributed by atoms with Gasteiger partial charge < -0.3 is 10.4 Å². The molecule has 1 aromatic rings. The molecule has 0 aliphatic carbocycles. The first-order valence-corrected chi connectivity index (χ1v) is 4.39. The van der Waals surface area contributed by atoms with E-state index < -0.39 is 5.97 Å². The standard InChI is InChI=1S/C9H11N3O3/c1-6-10-4-2-7(12-6)9(15)11-5-3-8(13)14/h2,4H,3,5H2,1H3,(H,11,15)(H,13,14). The van der Waals surface area contributed by atoms with Crippen LogP contribution in [0.15, 0.2) is 12.3 Å². The monoisotopic (exact) mass is 209 g/mol. The zero-order valence-corrected chi connectivity index (χ0v) is 8.23. The third-order valence-electron chi connectivity index (χ3n) is 1.63. The van der Waals surface area contributed by atoms with E-state index in [2.05, 4.69) is 15.3 Å². The molecular weight excluding hydrogens is 198 g/mol. The van der Waals surface area contributed by atoms with Crippen LogP contribution in [0.4, 0.5) is 0 Å².